The van der Waals surface area contributed by atoms with Crippen LogP contribution in [-0.2, 0) is 0 Å². The lowest BCUT2D eigenvalue weighted by molar-refractivity contribution is 0.635. The molecule has 0 saturated heterocycles. The van der Waals surface area contributed by atoms with Crippen LogP contribution >= 0.6 is 0 Å². The molecule has 0 N–H and O–H groups in total. The highest BCUT2D eigenvalue weighted by Crippen LogP contribution is 2.21. The van der Waals surface area contributed by atoms with E-state index in [1.54, 1.807) is 0 Å². The minimum absolute atomic E-state index is 0.951. The molecule has 10 heavy (non-hydrogen) atoms. The van der Waals surface area contributed by atoms with Gasteiger partial charge in [-0.3, -0.25) is 4.99 Å². The number of hydrogen-bond acceptors (Lipinski definition) is 1. The second-order valence-corrected chi connectivity index (χ2v) is 2.76. The minimum atomic E-state index is 0.951. The monoisotopic (exact) mass is 135 g/mol. The summed E-state index contributed by atoms with van der Waals surface area (Å²) in [4.78, 5) is 4.35. The summed E-state index contributed by atoms with van der Waals surface area (Å²) in [5.41, 5.74) is 2.80. The SMILES string of the molecule is C1=NC2=C(CC1)C[N]CC2. The van der Waals surface area contributed by atoms with Gasteiger partial charge in [0.05, 0.1) is 0 Å². The Morgan fingerprint density at radius 1 is 1.30 bits per heavy atom. The van der Waals surface area contributed by atoms with Crippen LogP contribution < -0.4 is 5.32 Å². The van der Waals surface area contributed by atoms with Gasteiger partial charge in [0.2, 0.25) is 0 Å². The Morgan fingerprint density at radius 2 is 2.30 bits per heavy atom. The number of aliphatic imine (C=N–C) groups is 1. The van der Waals surface area contributed by atoms with Gasteiger partial charge in [-0.05, 0) is 18.4 Å². The average Bonchev–Trinajstić information content (AvgIpc) is 2.05. The van der Waals surface area contributed by atoms with Gasteiger partial charge < -0.3 is 0 Å². The fraction of sp³-hybridized carbons (Fsp3) is 0.625. The molecule has 2 rings (SSSR count). The molecule has 0 atom stereocenters. The van der Waals surface area contributed by atoms with E-state index in [1.807, 2.05) is 6.21 Å². The Hall–Kier alpha value is -0.630. The van der Waals surface area contributed by atoms with E-state index in [0.717, 1.165) is 25.9 Å². The van der Waals surface area contributed by atoms with E-state index in [0.29, 0.717) is 0 Å². The third kappa shape index (κ3) is 0.991. The van der Waals surface area contributed by atoms with Gasteiger partial charge in [-0.1, -0.05) is 0 Å². The largest absolute Gasteiger partial charge is 0.266 e. The molecule has 0 spiro atoms. The Bertz CT molecular complexity index is 191. The molecule has 2 nitrogen and oxygen atoms in total. The molecular weight excluding hydrogens is 124 g/mol. The smallest absolute Gasteiger partial charge is 0.0418 e. The summed E-state index contributed by atoms with van der Waals surface area (Å²) in [6, 6.07) is 0. The zero-order chi connectivity index (χ0) is 6.81. The van der Waals surface area contributed by atoms with E-state index in [2.05, 4.69) is 10.3 Å². The number of nitrogens with zero attached hydrogens (tertiary/aromatic N) is 2. The maximum atomic E-state index is 4.35. The minimum Gasteiger partial charge on any atom is -0.266 e. The van der Waals surface area contributed by atoms with E-state index in [4.69, 9.17) is 0 Å². The normalized spacial score (nSPS) is 24.8. The topological polar surface area (TPSA) is 26.5 Å². The van der Waals surface area contributed by atoms with Crippen LogP contribution in [-0.4, -0.2) is 19.3 Å². The molecule has 0 aromatic rings. The van der Waals surface area contributed by atoms with Crippen molar-refractivity contribution >= 4 is 6.21 Å². The molecule has 0 aromatic heterocycles. The first-order valence-electron chi connectivity index (χ1n) is 3.83. The Kier molecular flexibility index (Phi) is 1.55. The molecular formula is C8H11N2. The van der Waals surface area contributed by atoms with Gasteiger partial charge in [0.1, 0.15) is 0 Å². The Morgan fingerprint density at radius 3 is 3.20 bits per heavy atom. The van der Waals surface area contributed by atoms with E-state index < -0.39 is 0 Å². The van der Waals surface area contributed by atoms with Gasteiger partial charge in [-0.2, -0.15) is 0 Å². The summed E-state index contributed by atoms with van der Waals surface area (Å²) >= 11 is 0. The predicted molar refractivity (Wildman–Crippen MR) is 41.2 cm³/mol. The highest BCUT2D eigenvalue weighted by molar-refractivity contribution is 5.61. The molecule has 1 radical (unpaired) electrons. The maximum absolute atomic E-state index is 4.35. The molecule has 0 bridgehead atoms. The van der Waals surface area contributed by atoms with Crippen molar-refractivity contribution in [3.8, 4) is 0 Å². The van der Waals surface area contributed by atoms with Crippen molar-refractivity contribution in [2.75, 3.05) is 13.1 Å². The Balaban J connectivity index is 2.23. The molecule has 2 heteroatoms. The molecule has 53 valence electrons. The van der Waals surface area contributed by atoms with Crippen molar-refractivity contribution in [3.63, 3.8) is 0 Å². The van der Waals surface area contributed by atoms with Crippen molar-refractivity contribution in [1.82, 2.24) is 5.32 Å². The van der Waals surface area contributed by atoms with Crippen LogP contribution in [0.5, 0.6) is 0 Å². The lowest BCUT2D eigenvalue weighted by Gasteiger charge is -2.19. The first-order valence-corrected chi connectivity index (χ1v) is 3.83. The molecule has 0 aromatic carbocycles. The van der Waals surface area contributed by atoms with E-state index >= 15 is 0 Å². The summed E-state index contributed by atoms with van der Waals surface area (Å²) in [5.74, 6) is 0. The van der Waals surface area contributed by atoms with Crippen LogP contribution in [0, 0.1) is 0 Å². The molecule has 0 saturated carbocycles. The summed E-state index contributed by atoms with van der Waals surface area (Å²) in [7, 11) is 0. The Labute approximate surface area is 61.0 Å². The first-order chi connectivity index (χ1) is 4.97. The third-order valence-electron chi connectivity index (χ3n) is 2.04. The summed E-state index contributed by atoms with van der Waals surface area (Å²) < 4.78 is 0. The molecule has 0 amide bonds. The van der Waals surface area contributed by atoms with E-state index in [1.165, 1.54) is 17.7 Å². The van der Waals surface area contributed by atoms with Crippen LogP contribution in [0.2, 0.25) is 0 Å². The standard InChI is InChI=1S/C8H11N2/c1-2-7-6-9-5-3-8(7)10-4-1/h4H,1-3,5-6H2. The zero-order valence-corrected chi connectivity index (χ0v) is 6.01. The molecule has 2 aliphatic rings. The molecule has 0 unspecified atom stereocenters. The van der Waals surface area contributed by atoms with Crippen molar-refractivity contribution in [2.24, 2.45) is 4.99 Å². The average molecular weight is 135 g/mol. The highest BCUT2D eigenvalue weighted by atomic mass is 14.9. The molecule has 0 fully saturated rings. The highest BCUT2D eigenvalue weighted by Gasteiger charge is 2.13. The van der Waals surface area contributed by atoms with Gasteiger partial charge in [0.25, 0.3) is 0 Å². The van der Waals surface area contributed by atoms with Gasteiger partial charge in [-0.25, -0.2) is 5.32 Å². The fourth-order valence-corrected chi connectivity index (χ4v) is 1.46. The number of hydrogen-bond donors (Lipinski definition) is 0. The predicted octanol–water partition coefficient (Wildman–Crippen LogP) is 1.11. The van der Waals surface area contributed by atoms with E-state index in [9.17, 15) is 0 Å². The lowest BCUT2D eigenvalue weighted by atomic mass is 10.0. The fourth-order valence-electron chi connectivity index (χ4n) is 1.46. The molecule has 2 aliphatic heterocycles. The van der Waals surface area contributed by atoms with Gasteiger partial charge >= 0.3 is 0 Å². The maximum Gasteiger partial charge on any atom is 0.0418 e. The summed E-state index contributed by atoms with van der Waals surface area (Å²) in [5, 5.41) is 4.33. The van der Waals surface area contributed by atoms with Crippen LogP contribution in [0.1, 0.15) is 19.3 Å². The molecule has 2 heterocycles. The zero-order valence-electron chi connectivity index (χ0n) is 6.01. The van der Waals surface area contributed by atoms with Crippen LogP contribution in [0.3, 0.4) is 0 Å². The van der Waals surface area contributed by atoms with Gasteiger partial charge in [-0.15, -0.1) is 0 Å². The van der Waals surface area contributed by atoms with Crippen LogP contribution in [0.15, 0.2) is 16.3 Å². The van der Waals surface area contributed by atoms with Crippen molar-refractivity contribution in [2.45, 2.75) is 19.3 Å². The van der Waals surface area contributed by atoms with E-state index in [-0.39, 0.29) is 0 Å². The van der Waals surface area contributed by atoms with Crippen molar-refractivity contribution in [1.29, 1.82) is 0 Å². The van der Waals surface area contributed by atoms with Crippen LogP contribution in [0.25, 0.3) is 0 Å². The lowest BCUT2D eigenvalue weighted by Crippen LogP contribution is -2.20. The van der Waals surface area contributed by atoms with Gasteiger partial charge in [0.15, 0.2) is 0 Å². The number of rotatable bonds is 0. The molecule has 0 aliphatic carbocycles. The third-order valence-corrected chi connectivity index (χ3v) is 2.04. The van der Waals surface area contributed by atoms with Crippen LogP contribution in [0.4, 0.5) is 0 Å². The summed E-state index contributed by atoms with van der Waals surface area (Å²) in [6.07, 6.45) is 5.42. The summed E-state index contributed by atoms with van der Waals surface area (Å²) in [6.45, 7) is 1.93. The van der Waals surface area contributed by atoms with Crippen molar-refractivity contribution < 1.29 is 0 Å². The quantitative estimate of drug-likeness (QED) is 0.476. The van der Waals surface area contributed by atoms with Gasteiger partial charge in [0, 0.05) is 31.4 Å². The van der Waals surface area contributed by atoms with Crippen molar-refractivity contribution in [3.05, 3.63) is 11.3 Å². The second kappa shape index (κ2) is 2.54. The second-order valence-electron chi connectivity index (χ2n) is 2.76. The first kappa shape index (κ1) is 6.10.